The Hall–Kier alpha value is -1.62. The van der Waals surface area contributed by atoms with Gasteiger partial charge in [-0.15, -0.1) is 0 Å². The van der Waals surface area contributed by atoms with Crippen LogP contribution in [-0.4, -0.2) is 26.3 Å². The van der Waals surface area contributed by atoms with Crippen LogP contribution < -0.4 is 5.32 Å². The summed E-state index contributed by atoms with van der Waals surface area (Å²) in [6.45, 7) is 8.36. The molecule has 0 aromatic carbocycles. The zero-order chi connectivity index (χ0) is 14.4. The van der Waals surface area contributed by atoms with Crippen LogP contribution in [0, 0.1) is 0 Å². The lowest BCUT2D eigenvalue weighted by Crippen LogP contribution is -2.26. The van der Waals surface area contributed by atoms with Crippen molar-refractivity contribution in [2.45, 2.75) is 52.6 Å². The van der Waals surface area contributed by atoms with E-state index in [1.165, 1.54) is 5.69 Å². The van der Waals surface area contributed by atoms with Gasteiger partial charge in [0.15, 0.2) is 0 Å². The van der Waals surface area contributed by atoms with Crippen molar-refractivity contribution < 1.29 is 0 Å². The molecule has 0 saturated heterocycles. The summed E-state index contributed by atoms with van der Waals surface area (Å²) in [5, 5.41) is 8.18. The summed E-state index contributed by atoms with van der Waals surface area (Å²) in [6, 6.07) is 2.43. The monoisotopic (exact) mass is 275 g/mol. The number of aryl methyl sites for hydroxylation is 2. The summed E-state index contributed by atoms with van der Waals surface area (Å²) in [5.74, 6) is 1.00. The van der Waals surface area contributed by atoms with E-state index >= 15 is 0 Å². The summed E-state index contributed by atoms with van der Waals surface area (Å²) < 4.78 is 2.10. The molecule has 20 heavy (non-hydrogen) atoms. The quantitative estimate of drug-likeness (QED) is 0.778. The summed E-state index contributed by atoms with van der Waals surface area (Å²) in [6.07, 6.45) is 6.70. The van der Waals surface area contributed by atoms with E-state index in [9.17, 15) is 0 Å². The van der Waals surface area contributed by atoms with Crippen LogP contribution in [-0.2, 0) is 19.4 Å². The Bertz CT molecular complexity index is 500. The van der Waals surface area contributed by atoms with E-state index in [0.29, 0.717) is 0 Å². The van der Waals surface area contributed by atoms with Gasteiger partial charge in [0.2, 0.25) is 0 Å². The number of aromatic amines is 1. The summed E-state index contributed by atoms with van der Waals surface area (Å²) >= 11 is 0. The highest BCUT2D eigenvalue weighted by Crippen LogP contribution is 2.16. The molecule has 2 heterocycles. The third kappa shape index (κ3) is 3.48. The second-order valence-electron chi connectivity index (χ2n) is 4.98. The molecule has 2 aromatic rings. The van der Waals surface area contributed by atoms with Gasteiger partial charge in [-0.25, -0.2) is 4.98 Å². The summed E-state index contributed by atoms with van der Waals surface area (Å²) in [4.78, 5) is 7.62. The normalized spacial score (nSPS) is 12.8. The maximum Gasteiger partial charge on any atom is 0.123 e. The van der Waals surface area contributed by atoms with Crippen molar-refractivity contribution in [1.29, 1.82) is 0 Å². The third-order valence-electron chi connectivity index (χ3n) is 3.48. The fraction of sp³-hybridized carbons (Fsp3) is 0.600. The molecule has 0 fully saturated rings. The lowest BCUT2D eigenvalue weighted by Gasteiger charge is -2.16. The number of nitrogens with zero attached hydrogens (tertiary/aromatic N) is 3. The SMILES string of the molecule is CCCNC(Cc1cc(CC)nn1CC)c1ncc[nH]1. The zero-order valence-electron chi connectivity index (χ0n) is 12.7. The number of hydrogen-bond acceptors (Lipinski definition) is 3. The molecule has 0 aliphatic rings. The van der Waals surface area contributed by atoms with Crippen LogP contribution in [0.15, 0.2) is 18.5 Å². The Kier molecular flexibility index (Phi) is 5.35. The molecular formula is C15H25N5. The van der Waals surface area contributed by atoms with Gasteiger partial charge in [0.25, 0.3) is 0 Å². The van der Waals surface area contributed by atoms with Crippen LogP contribution >= 0.6 is 0 Å². The van der Waals surface area contributed by atoms with Crippen molar-refractivity contribution in [3.63, 3.8) is 0 Å². The van der Waals surface area contributed by atoms with Gasteiger partial charge in [-0.2, -0.15) is 5.10 Å². The Balaban J connectivity index is 2.16. The summed E-state index contributed by atoms with van der Waals surface area (Å²) in [5.41, 5.74) is 2.44. The van der Waals surface area contributed by atoms with Crippen LogP contribution in [0.5, 0.6) is 0 Å². The van der Waals surface area contributed by atoms with Crippen molar-refractivity contribution in [3.8, 4) is 0 Å². The average Bonchev–Trinajstić information content (AvgIpc) is 3.12. The number of rotatable bonds is 8. The van der Waals surface area contributed by atoms with Crippen molar-refractivity contribution in [1.82, 2.24) is 25.1 Å². The van der Waals surface area contributed by atoms with E-state index in [1.807, 2.05) is 12.4 Å². The van der Waals surface area contributed by atoms with Crippen LogP contribution in [0.2, 0.25) is 0 Å². The van der Waals surface area contributed by atoms with Crippen LogP contribution in [0.25, 0.3) is 0 Å². The molecule has 2 rings (SSSR count). The maximum atomic E-state index is 4.62. The molecule has 0 saturated carbocycles. The van der Waals surface area contributed by atoms with Gasteiger partial charge >= 0.3 is 0 Å². The molecule has 5 nitrogen and oxygen atoms in total. The molecule has 0 aliphatic heterocycles. The number of aromatic nitrogens is 4. The van der Waals surface area contributed by atoms with Crippen molar-refractivity contribution >= 4 is 0 Å². The fourth-order valence-electron chi connectivity index (χ4n) is 2.39. The largest absolute Gasteiger partial charge is 0.347 e. The first-order chi connectivity index (χ1) is 9.78. The number of hydrogen-bond donors (Lipinski definition) is 2. The minimum absolute atomic E-state index is 0.219. The van der Waals surface area contributed by atoms with E-state index in [-0.39, 0.29) is 6.04 Å². The average molecular weight is 275 g/mol. The van der Waals surface area contributed by atoms with Crippen molar-refractivity contribution in [3.05, 3.63) is 35.7 Å². The van der Waals surface area contributed by atoms with Gasteiger partial charge in [0.1, 0.15) is 5.82 Å². The second-order valence-corrected chi connectivity index (χ2v) is 4.98. The minimum Gasteiger partial charge on any atom is -0.347 e. The topological polar surface area (TPSA) is 58.5 Å². The minimum atomic E-state index is 0.219. The van der Waals surface area contributed by atoms with Gasteiger partial charge in [-0.1, -0.05) is 13.8 Å². The van der Waals surface area contributed by atoms with Gasteiger partial charge < -0.3 is 10.3 Å². The first kappa shape index (κ1) is 14.8. The van der Waals surface area contributed by atoms with E-state index in [0.717, 1.165) is 43.9 Å². The third-order valence-corrected chi connectivity index (χ3v) is 3.48. The fourth-order valence-corrected chi connectivity index (χ4v) is 2.39. The number of nitrogens with one attached hydrogen (secondary N) is 2. The number of imidazole rings is 1. The summed E-state index contributed by atoms with van der Waals surface area (Å²) in [7, 11) is 0. The van der Waals surface area contributed by atoms with E-state index in [1.54, 1.807) is 0 Å². The molecule has 0 radical (unpaired) electrons. The molecule has 0 amide bonds. The van der Waals surface area contributed by atoms with Gasteiger partial charge in [0, 0.05) is 31.1 Å². The maximum absolute atomic E-state index is 4.62. The van der Waals surface area contributed by atoms with Gasteiger partial charge in [-0.3, -0.25) is 4.68 Å². The smallest absolute Gasteiger partial charge is 0.123 e. The van der Waals surface area contributed by atoms with Crippen LogP contribution in [0.1, 0.15) is 50.4 Å². The molecule has 1 unspecified atom stereocenters. The highest BCUT2D eigenvalue weighted by molar-refractivity contribution is 5.14. The molecule has 0 bridgehead atoms. The van der Waals surface area contributed by atoms with Crippen LogP contribution in [0.4, 0.5) is 0 Å². The van der Waals surface area contributed by atoms with Crippen molar-refractivity contribution in [2.75, 3.05) is 6.54 Å². The van der Waals surface area contributed by atoms with E-state index in [4.69, 9.17) is 0 Å². The molecule has 1 atom stereocenters. The molecule has 0 spiro atoms. The molecule has 5 heteroatoms. The predicted octanol–water partition coefficient (Wildman–Crippen LogP) is 2.47. The highest BCUT2D eigenvalue weighted by Gasteiger charge is 2.17. The zero-order valence-corrected chi connectivity index (χ0v) is 12.7. The molecule has 0 aliphatic carbocycles. The first-order valence-corrected chi connectivity index (χ1v) is 7.56. The second kappa shape index (κ2) is 7.24. The Morgan fingerprint density at radius 2 is 2.20 bits per heavy atom. The lowest BCUT2D eigenvalue weighted by molar-refractivity contribution is 0.486. The standard InChI is InChI=1S/C15H25N5/c1-4-7-16-14(15-17-8-9-18-15)11-13-10-12(5-2)19-20(13)6-3/h8-10,14,16H,4-7,11H2,1-3H3,(H,17,18). The van der Waals surface area contributed by atoms with Gasteiger partial charge in [-0.05, 0) is 32.4 Å². The Morgan fingerprint density at radius 3 is 2.80 bits per heavy atom. The van der Waals surface area contributed by atoms with Crippen LogP contribution in [0.3, 0.4) is 0 Å². The highest BCUT2D eigenvalue weighted by atomic mass is 15.3. The molecule has 2 aromatic heterocycles. The Morgan fingerprint density at radius 1 is 1.35 bits per heavy atom. The molecule has 2 N–H and O–H groups in total. The predicted molar refractivity (Wildman–Crippen MR) is 80.6 cm³/mol. The Labute approximate surface area is 120 Å². The molecule has 110 valence electrons. The van der Waals surface area contributed by atoms with E-state index < -0.39 is 0 Å². The van der Waals surface area contributed by atoms with Crippen molar-refractivity contribution in [2.24, 2.45) is 0 Å². The number of H-pyrrole nitrogens is 1. The van der Waals surface area contributed by atoms with E-state index in [2.05, 4.69) is 51.9 Å². The lowest BCUT2D eigenvalue weighted by atomic mass is 10.1. The molecular weight excluding hydrogens is 250 g/mol. The van der Waals surface area contributed by atoms with Gasteiger partial charge in [0.05, 0.1) is 11.7 Å². The first-order valence-electron chi connectivity index (χ1n) is 7.56.